The molecule has 6 nitrogen and oxygen atoms in total. The first-order valence-electron chi connectivity index (χ1n) is 8.83. The molecule has 1 aromatic heterocycles. The Kier molecular flexibility index (Phi) is 5.76. The quantitative estimate of drug-likeness (QED) is 0.720. The summed E-state index contributed by atoms with van der Waals surface area (Å²) < 4.78 is 40.4. The number of thioether (sulfide) groups is 1. The number of aryl methyl sites for hydroxylation is 2. The molecule has 156 valence electrons. The molecule has 1 aliphatic rings. The fraction of sp³-hybridized carbons (Fsp3) is 0.300. The number of rotatable bonds is 3. The maximum absolute atomic E-state index is 13.5. The summed E-state index contributed by atoms with van der Waals surface area (Å²) in [6, 6.07) is 8.30. The summed E-state index contributed by atoms with van der Waals surface area (Å²) in [6.07, 6.45) is -4.80. The van der Waals surface area contributed by atoms with Gasteiger partial charge in [-0.25, -0.2) is 4.98 Å². The molecule has 0 bridgehead atoms. The maximum Gasteiger partial charge on any atom is 0.417 e. The number of hydrogen-bond donors (Lipinski definition) is 0. The van der Waals surface area contributed by atoms with E-state index in [-0.39, 0.29) is 11.4 Å². The Balaban J connectivity index is 2.07. The average molecular weight is 434 g/mol. The highest BCUT2D eigenvalue weighted by Crippen LogP contribution is 2.39. The van der Waals surface area contributed by atoms with Gasteiger partial charge in [0, 0.05) is 24.2 Å². The summed E-state index contributed by atoms with van der Waals surface area (Å²) in [5, 5.41) is 8.78. The van der Waals surface area contributed by atoms with E-state index in [1.807, 2.05) is 13.0 Å². The lowest BCUT2D eigenvalue weighted by atomic mass is 10.1. The molecule has 2 heterocycles. The molecule has 2 aromatic rings. The number of anilines is 2. The first kappa shape index (κ1) is 21.6. The average Bonchev–Trinajstić information content (AvgIpc) is 3.06. The highest BCUT2D eigenvalue weighted by Gasteiger charge is 2.44. The number of nitrogens with zero attached hydrogens (tertiary/aromatic N) is 4. The molecule has 0 unspecified atom stereocenters. The SMILES string of the molecule is Cc1cccc(N(C)C(=O)[C@@H]2CSC(=O)N2c2nc(C)cc(C(F)(F)F)c2C#N)c1. The predicted octanol–water partition coefficient (Wildman–Crippen LogP) is 4.29. The van der Waals surface area contributed by atoms with Gasteiger partial charge in [-0.1, -0.05) is 23.9 Å². The van der Waals surface area contributed by atoms with Gasteiger partial charge >= 0.3 is 6.18 Å². The molecule has 10 heteroatoms. The van der Waals surface area contributed by atoms with Gasteiger partial charge in [-0.15, -0.1) is 0 Å². The van der Waals surface area contributed by atoms with Crippen LogP contribution in [0.5, 0.6) is 0 Å². The van der Waals surface area contributed by atoms with E-state index in [4.69, 9.17) is 0 Å². The van der Waals surface area contributed by atoms with Crippen LogP contribution in [0.4, 0.5) is 29.5 Å². The molecule has 3 rings (SSSR count). The number of likely N-dealkylation sites (N-methyl/N-ethyl adjacent to an activating group) is 1. The zero-order valence-corrected chi connectivity index (χ0v) is 17.1. The van der Waals surface area contributed by atoms with Crippen molar-refractivity contribution in [1.82, 2.24) is 4.98 Å². The van der Waals surface area contributed by atoms with E-state index in [9.17, 15) is 28.0 Å². The number of hydrogen-bond acceptors (Lipinski definition) is 5. The minimum Gasteiger partial charge on any atom is -0.314 e. The van der Waals surface area contributed by atoms with E-state index in [2.05, 4.69) is 4.98 Å². The van der Waals surface area contributed by atoms with Crippen LogP contribution in [0, 0.1) is 25.2 Å². The van der Waals surface area contributed by atoms with Gasteiger partial charge in [0.2, 0.25) is 0 Å². The largest absolute Gasteiger partial charge is 0.417 e. The second-order valence-electron chi connectivity index (χ2n) is 6.82. The summed E-state index contributed by atoms with van der Waals surface area (Å²) in [5.74, 6) is -0.897. The molecule has 1 saturated heterocycles. The molecular formula is C20H17F3N4O2S. The number of pyridine rings is 1. The number of halogens is 3. The number of amides is 2. The summed E-state index contributed by atoms with van der Waals surface area (Å²) >= 11 is 0.800. The number of carbonyl (C=O) groups excluding carboxylic acids is 2. The van der Waals surface area contributed by atoms with Crippen LogP contribution < -0.4 is 9.80 Å². The molecule has 0 radical (unpaired) electrons. The topological polar surface area (TPSA) is 77.3 Å². The van der Waals surface area contributed by atoms with Gasteiger partial charge in [-0.3, -0.25) is 14.5 Å². The normalized spacial score (nSPS) is 16.5. The maximum atomic E-state index is 13.5. The van der Waals surface area contributed by atoms with Gasteiger partial charge < -0.3 is 4.90 Å². The van der Waals surface area contributed by atoms with Crippen molar-refractivity contribution in [3.8, 4) is 6.07 Å². The van der Waals surface area contributed by atoms with Crippen molar-refractivity contribution in [3.05, 3.63) is 52.7 Å². The van der Waals surface area contributed by atoms with E-state index in [0.717, 1.165) is 28.3 Å². The van der Waals surface area contributed by atoms with Crippen molar-refractivity contribution >= 4 is 34.4 Å². The van der Waals surface area contributed by atoms with Crippen molar-refractivity contribution in [1.29, 1.82) is 5.26 Å². The third-order valence-corrected chi connectivity index (χ3v) is 5.58. The van der Waals surface area contributed by atoms with Crippen molar-refractivity contribution in [2.75, 3.05) is 22.6 Å². The minimum absolute atomic E-state index is 0.0146. The zero-order valence-electron chi connectivity index (χ0n) is 16.3. The second kappa shape index (κ2) is 7.99. The van der Waals surface area contributed by atoms with Crippen LogP contribution in [-0.2, 0) is 11.0 Å². The van der Waals surface area contributed by atoms with E-state index in [1.165, 1.54) is 24.9 Å². The van der Waals surface area contributed by atoms with E-state index in [0.29, 0.717) is 5.69 Å². The lowest BCUT2D eigenvalue weighted by Gasteiger charge is -2.28. The minimum atomic E-state index is -4.80. The van der Waals surface area contributed by atoms with Gasteiger partial charge in [-0.05, 0) is 37.6 Å². The molecule has 0 spiro atoms. The summed E-state index contributed by atoms with van der Waals surface area (Å²) in [5.41, 5.74) is -0.476. The molecule has 1 fully saturated rings. The van der Waals surface area contributed by atoms with Crippen LogP contribution >= 0.6 is 11.8 Å². The molecule has 0 saturated carbocycles. The van der Waals surface area contributed by atoms with Crippen LogP contribution in [0.1, 0.15) is 22.4 Å². The van der Waals surface area contributed by atoms with Crippen LogP contribution in [0.25, 0.3) is 0 Å². The lowest BCUT2D eigenvalue weighted by molar-refractivity contribution is -0.137. The number of aromatic nitrogens is 1. The summed E-state index contributed by atoms with van der Waals surface area (Å²) in [7, 11) is 1.53. The van der Waals surface area contributed by atoms with Crippen LogP contribution in [0.3, 0.4) is 0 Å². The van der Waals surface area contributed by atoms with Gasteiger partial charge in [0.05, 0.1) is 5.56 Å². The van der Waals surface area contributed by atoms with Gasteiger partial charge in [0.1, 0.15) is 17.7 Å². The molecule has 1 aromatic carbocycles. The van der Waals surface area contributed by atoms with E-state index < -0.39 is 40.3 Å². The molecular weight excluding hydrogens is 417 g/mol. The smallest absolute Gasteiger partial charge is 0.314 e. The Bertz CT molecular complexity index is 1060. The Hall–Kier alpha value is -3.06. The summed E-state index contributed by atoms with van der Waals surface area (Å²) in [6.45, 7) is 3.20. The van der Waals surface area contributed by atoms with Crippen molar-refractivity contribution in [3.63, 3.8) is 0 Å². The molecule has 1 aliphatic heterocycles. The standard InChI is InChI=1S/C20H17F3N4O2S/c1-11-5-4-6-13(7-11)26(3)18(28)16-10-30-19(29)27(16)17-14(9-24)15(20(21,22)23)8-12(2)25-17/h4-8,16H,10H2,1-3H3/t16-/m0/s1. The lowest BCUT2D eigenvalue weighted by Crippen LogP contribution is -2.47. The van der Waals surface area contributed by atoms with E-state index >= 15 is 0 Å². The van der Waals surface area contributed by atoms with Crippen molar-refractivity contribution in [2.24, 2.45) is 0 Å². The number of nitriles is 1. The van der Waals surface area contributed by atoms with Crippen molar-refractivity contribution < 1.29 is 22.8 Å². The molecule has 30 heavy (non-hydrogen) atoms. The monoisotopic (exact) mass is 434 g/mol. The molecule has 1 atom stereocenters. The van der Waals surface area contributed by atoms with Gasteiger partial charge in [-0.2, -0.15) is 18.4 Å². The Morgan fingerprint density at radius 3 is 2.63 bits per heavy atom. The first-order valence-corrected chi connectivity index (χ1v) is 9.82. The third-order valence-electron chi connectivity index (χ3n) is 4.65. The third kappa shape index (κ3) is 3.98. The Morgan fingerprint density at radius 2 is 2.03 bits per heavy atom. The second-order valence-corrected chi connectivity index (χ2v) is 7.79. The highest BCUT2D eigenvalue weighted by atomic mass is 32.2. The zero-order chi connectivity index (χ0) is 22.2. The fourth-order valence-electron chi connectivity index (χ4n) is 3.19. The Morgan fingerprint density at radius 1 is 1.33 bits per heavy atom. The van der Waals surface area contributed by atoms with Crippen LogP contribution in [-0.4, -0.2) is 35.0 Å². The van der Waals surface area contributed by atoms with E-state index in [1.54, 1.807) is 18.2 Å². The van der Waals surface area contributed by atoms with Gasteiger partial charge in [0.25, 0.3) is 11.1 Å². The van der Waals surface area contributed by atoms with Gasteiger partial charge in [0.15, 0.2) is 5.82 Å². The molecule has 0 aliphatic carbocycles. The Labute approximate surface area is 175 Å². The predicted molar refractivity (Wildman–Crippen MR) is 107 cm³/mol. The number of carbonyl (C=O) groups is 2. The first-order chi connectivity index (χ1) is 14.0. The number of benzene rings is 1. The fourth-order valence-corrected chi connectivity index (χ4v) is 4.13. The molecule has 2 amide bonds. The summed E-state index contributed by atoms with van der Waals surface area (Å²) in [4.78, 5) is 31.9. The molecule has 0 N–H and O–H groups in total. The van der Waals surface area contributed by atoms with Crippen LogP contribution in [0.2, 0.25) is 0 Å². The van der Waals surface area contributed by atoms with Crippen LogP contribution in [0.15, 0.2) is 30.3 Å². The van der Waals surface area contributed by atoms with Crippen molar-refractivity contribution in [2.45, 2.75) is 26.1 Å². The highest BCUT2D eigenvalue weighted by molar-refractivity contribution is 8.14. The number of alkyl halides is 3.